The normalized spacial score (nSPS) is 14.1. The zero-order chi connectivity index (χ0) is 19.2. The zero-order valence-electron chi connectivity index (χ0n) is 15.7. The van der Waals surface area contributed by atoms with Gasteiger partial charge in [0.05, 0.1) is 5.69 Å². The van der Waals surface area contributed by atoms with Crippen LogP contribution in [0.4, 0.5) is 11.6 Å². The van der Waals surface area contributed by atoms with Gasteiger partial charge in [-0.05, 0) is 18.6 Å². The van der Waals surface area contributed by atoms with Crippen molar-refractivity contribution in [3.05, 3.63) is 40.2 Å². The predicted octanol–water partition coefficient (Wildman–Crippen LogP) is 1.04. The van der Waals surface area contributed by atoms with E-state index in [4.69, 9.17) is 0 Å². The molecular formula is C19H25N7O. The van der Waals surface area contributed by atoms with Crippen molar-refractivity contribution >= 4 is 11.6 Å². The van der Waals surface area contributed by atoms with E-state index in [9.17, 15) is 10.1 Å². The molecule has 0 amide bonds. The van der Waals surface area contributed by atoms with Gasteiger partial charge in [0, 0.05) is 58.2 Å². The smallest absolute Gasteiger partial charge is 0.270 e. The van der Waals surface area contributed by atoms with Gasteiger partial charge in [0.15, 0.2) is 0 Å². The van der Waals surface area contributed by atoms with E-state index in [1.165, 1.54) is 0 Å². The molecule has 0 spiro atoms. The third kappa shape index (κ3) is 4.64. The molecule has 1 aromatic heterocycles. The van der Waals surface area contributed by atoms with Gasteiger partial charge in [-0.1, -0.05) is 12.1 Å². The molecule has 1 aromatic carbocycles. The summed E-state index contributed by atoms with van der Waals surface area (Å²) >= 11 is 0. The van der Waals surface area contributed by atoms with Crippen LogP contribution in [-0.4, -0.2) is 61.8 Å². The SMILES string of the molecule is CN(C)c1ccc(-c2nc(NCCCN3CCNC3)[nH]c(=O)c2C#N)cc1. The third-order valence-electron chi connectivity index (χ3n) is 4.57. The van der Waals surface area contributed by atoms with Crippen molar-refractivity contribution in [2.24, 2.45) is 0 Å². The van der Waals surface area contributed by atoms with Crippen LogP contribution in [-0.2, 0) is 0 Å². The molecule has 0 unspecified atom stereocenters. The summed E-state index contributed by atoms with van der Waals surface area (Å²) in [6.45, 7) is 4.72. The molecule has 3 N–H and O–H groups in total. The summed E-state index contributed by atoms with van der Waals surface area (Å²) in [4.78, 5) is 23.8. The van der Waals surface area contributed by atoms with Crippen LogP contribution >= 0.6 is 0 Å². The number of nitrogens with zero attached hydrogens (tertiary/aromatic N) is 4. The molecule has 1 aliphatic rings. The van der Waals surface area contributed by atoms with E-state index in [-0.39, 0.29) is 5.56 Å². The second kappa shape index (κ2) is 8.66. The van der Waals surface area contributed by atoms with Gasteiger partial charge in [0.2, 0.25) is 5.95 Å². The molecule has 1 saturated heterocycles. The van der Waals surface area contributed by atoms with Crippen molar-refractivity contribution in [3.8, 4) is 17.3 Å². The number of anilines is 2. The van der Waals surface area contributed by atoms with E-state index < -0.39 is 5.56 Å². The highest BCUT2D eigenvalue weighted by atomic mass is 16.1. The minimum atomic E-state index is -0.426. The van der Waals surface area contributed by atoms with Crippen LogP contribution in [0.3, 0.4) is 0 Å². The summed E-state index contributed by atoms with van der Waals surface area (Å²) in [6, 6.07) is 9.61. The molecule has 8 heteroatoms. The number of benzene rings is 1. The Labute approximate surface area is 158 Å². The number of aromatic nitrogens is 2. The monoisotopic (exact) mass is 367 g/mol. The summed E-state index contributed by atoms with van der Waals surface area (Å²) in [5.41, 5.74) is 1.79. The number of nitriles is 1. The van der Waals surface area contributed by atoms with Crippen LogP contribution in [0, 0.1) is 11.3 Å². The number of hydrogen-bond donors (Lipinski definition) is 3. The second-order valence-electron chi connectivity index (χ2n) is 6.75. The van der Waals surface area contributed by atoms with Crippen LogP contribution in [0.1, 0.15) is 12.0 Å². The summed E-state index contributed by atoms with van der Waals surface area (Å²) < 4.78 is 0. The first-order valence-corrected chi connectivity index (χ1v) is 9.07. The lowest BCUT2D eigenvalue weighted by Gasteiger charge is -2.14. The third-order valence-corrected chi connectivity index (χ3v) is 4.57. The standard InChI is InChI=1S/C19H25N7O/c1-25(2)15-6-4-14(5-7-15)17-16(12-20)18(27)24-19(23-17)22-8-3-10-26-11-9-21-13-26/h4-7,21H,3,8-11,13H2,1-2H3,(H2,22,23,24,27). The summed E-state index contributed by atoms with van der Waals surface area (Å²) in [6.07, 6.45) is 0.943. The Bertz CT molecular complexity index is 861. The Morgan fingerprint density at radius 2 is 2.11 bits per heavy atom. The summed E-state index contributed by atoms with van der Waals surface area (Å²) in [5.74, 6) is 0.394. The molecule has 2 aromatic rings. The van der Waals surface area contributed by atoms with E-state index in [2.05, 4.69) is 25.5 Å². The van der Waals surface area contributed by atoms with Gasteiger partial charge >= 0.3 is 0 Å². The maximum absolute atomic E-state index is 12.3. The van der Waals surface area contributed by atoms with Crippen molar-refractivity contribution in [1.29, 1.82) is 5.26 Å². The zero-order valence-corrected chi connectivity index (χ0v) is 15.7. The van der Waals surface area contributed by atoms with Crippen molar-refractivity contribution in [1.82, 2.24) is 20.2 Å². The fourth-order valence-corrected chi connectivity index (χ4v) is 3.04. The van der Waals surface area contributed by atoms with Crippen LogP contribution in [0.5, 0.6) is 0 Å². The Kier molecular flexibility index (Phi) is 6.06. The van der Waals surface area contributed by atoms with Crippen LogP contribution in [0.2, 0.25) is 0 Å². The Morgan fingerprint density at radius 1 is 1.33 bits per heavy atom. The predicted molar refractivity (Wildman–Crippen MR) is 107 cm³/mol. The van der Waals surface area contributed by atoms with E-state index in [0.717, 1.165) is 44.0 Å². The average molecular weight is 367 g/mol. The molecule has 0 saturated carbocycles. The minimum Gasteiger partial charge on any atom is -0.378 e. The van der Waals surface area contributed by atoms with Gasteiger partial charge in [-0.25, -0.2) is 4.98 Å². The molecule has 0 radical (unpaired) electrons. The highest BCUT2D eigenvalue weighted by Crippen LogP contribution is 2.23. The first-order valence-electron chi connectivity index (χ1n) is 9.07. The summed E-state index contributed by atoms with van der Waals surface area (Å²) in [7, 11) is 3.92. The quantitative estimate of drug-likeness (QED) is 0.629. The van der Waals surface area contributed by atoms with Crippen LogP contribution in [0.25, 0.3) is 11.3 Å². The van der Waals surface area contributed by atoms with Crippen molar-refractivity contribution in [3.63, 3.8) is 0 Å². The maximum Gasteiger partial charge on any atom is 0.270 e. The molecule has 142 valence electrons. The average Bonchev–Trinajstić information content (AvgIpc) is 3.18. The summed E-state index contributed by atoms with van der Waals surface area (Å²) in [5, 5.41) is 15.8. The number of H-pyrrole nitrogens is 1. The molecule has 27 heavy (non-hydrogen) atoms. The molecule has 8 nitrogen and oxygen atoms in total. The highest BCUT2D eigenvalue weighted by Gasteiger charge is 2.14. The van der Waals surface area contributed by atoms with E-state index >= 15 is 0 Å². The first kappa shape index (κ1) is 18.9. The van der Waals surface area contributed by atoms with Crippen LogP contribution < -0.4 is 21.1 Å². The highest BCUT2D eigenvalue weighted by molar-refractivity contribution is 5.69. The lowest BCUT2D eigenvalue weighted by atomic mass is 10.1. The van der Waals surface area contributed by atoms with E-state index in [0.29, 0.717) is 18.2 Å². The van der Waals surface area contributed by atoms with Gasteiger partial charge in [-0.3, -0.25) is 14.7 Å². The van der Waals surface area contributed by atoms with Crippen molar-refractivity contribution in [2.75, 3.05) is 57.2 Å². The molecule has 1 aliphatic heterocycles. The molecule has 0 bridgehead atoms. The maximum atomic E-state index is 12.3. The topological polar surface area (TPSA) is 100 Å². The number of aromatic amines is 1. The molecule has 2 heterocycles. The molecule has 0 aliphatic carbocycles. The van der Waals surface area contributed by atoms with Gasteiger partial charge in [0.25, 0.3) is 5.56 Å². The lowest BCUT2D eigenvalue weighted by molar-refractivity contribution is 0.333. The fourth-order valence-electron chi connectivity index (χ4n) is 3.04. The van der Waals surface area contributed by atoms with Gasteiger partial charge in [0.1, 0.15) is 11.6 Å². The Morgan fingerprint density at radius 3 is 2.74 bits per heavy atom. The van der Waals surface area contributed by atoms with Gasteiger partial charge in [-0.15, -0.1) is 0 Å². The Balaban J connectivity index is 1.74. The Hall–Kier alpha value is -2.89. The largest absolute Gasteiger partial charge is 0.378 e. The minimum absolute atomic E-state index is 0.0290. The molecule has 0 atom stereocenters. The van der Waals surface area contributed by atoms with Gasteiger partial charge < -0.3 is 15.5 Å². The molecular weight excluding hydrogens is 342 g/mol. The fraction of sp³-hybridized carbons (Fsp3) is 0.421. The van der Waals surface area contributed by atoms with E-state index in [1.807, 2.05) is 49.3 Å². The number of nitrogens with one attached hydrogen (secondary N) is 3. The molecule has 1 fully saturated rings. The van der Waals surface area contributed by atoms with E-state index in [1.54, 1.807) is 0 Å². The van der Waals surface area contributed by atoms with Gasteiger partial charge in [-0.2, -0.15) is 5.26 Å². The lowest BCUT2D eigenvalue weighted by Crippen LogP contribution is -2.25. The first-order chi connectivity index (χ1) is 13.1. The van der Waals surface area contributed by atoms with Crippen molar-refractivity contribution in [2.45, 2.75) is 6.42 Å². The molecule has 3 rings (SSSR count). The second-order valence-corrected chi connectivity index (χ2v) is 6.75. The number of hydrogen-bond acceptors (Lipinski definition) is 7. The van der Waals surface area contributed by atoms with Crippen LogP contribution in [0.15, 0.2) is 29.1 Å². The number of rotatable bonds is 7. The van der Waals surface area contributed by atoms with Crippen molar-refractivity contribution < 1.29 is 0 Å².